The molecule has 0 saturated carbocycles. The highest BCUT2D eigenvalue weighted by Gasteiger charge is 2.14. The fourth-order valence-corrected chi connectivity index (χ4v) is 2.40. The van der Waals surface area contributed by atoms with E-state index in [1.807, 2.05) is 6.07 Å². The molecule has 0 spiro atoms. The first-order valence-corrected chi connectivity index (χ1v) is 5.64. The van der Waals surface area contributed by atoms with Gasteiger partial charge >= 0.3 is 0 Å². The Morgan fingerprint density at radius 3 is 2.79 bits per heavy atom. The average molecular weight is 210 g/mol. The van der Waals surface area contributed by atoms with E-state index < -0.39 is 0 Å². The molecule has 1 fully saturated rings. The van der Waals surface area contributed by atoms with Crippen molar-refractivity contribution in [2.24, 2.45) is 0 Å². The summed E-state index contributed by atoms with van der Waals surface area (Å²) in [5.74, 6) is 0. The number of hydrogen-bond acceptors (Lipinski definition) is 1. The third kappa shape index (κ3) is 2.28. The van der Waals surface area contributed by atoms with Gasteiger partial charge in [-0.25, -0.2) is 0 Å². The van der Waals surface area contributed by atoms with Crippen LogP contribution in [0.4, 0.5) is 0 Å². The van der Waals surface area contributed by atoms with Crippen molar-refractivity contribution in [2.45, 2.75) is 32.2 Å². The Morgan fingerprint density at radius 2 is 2.14 bits per heavy atom. The summed E-state index contributed by atoms with van der Waals surface area (Å²) in [6, 6.07) is 6.83. The van der Waals surface area contributed by atoms with Gasteiger partial charge in [-0.3, -0.25) is 0 Å². The number of halogens is 1. The van der Waals surface area contributed by atoms with Crippen LogP contribution in [0.25, 0.3) is 0 Å². The second kappa shape index (κ2) is 4.33. The van der Waals surface area contributed by atoms with Crippen LogP contribution in [0.2, 0.25) is 5.02 Å². The van der Waals surface area contributed by atoms with E-state index in [1.165, 1.54) is 30.4 Å². The van der Waals surface area contributed by atoms with Crippen LogP contribution in [0, 0.1) is 6.92 Å². The number of rotatable bonds is 1. The predicted octanol–water partition coefficient (Wildman–Crippen LogP) is 3.46. The predicted molar refractivity (Wildman–Crippen MR) is 60.8 cm³/mol. The van der Waals surface area contributed by atoms with E-state index in [9.17, 15) is 0 Å². The van der Waals surface area contributed by atoms with Crippen LogP contribution in [-0.2, 0) is 0 Å². The Bertz CT molecular complexity index is 296. The lowest BCUT2D eigenvalue weighted by Gasteiger charge is -2.24. The van der Waals surface area contributed by atoms with Gasteiger partial charge in [0.15, 0.2) is 0 Å². The molecule has 76 valence electrons. The van der Waals surface area contributed by atoms with Crippen molar-refractivity contribution in [3.05, 3.63) is 34.3 Å². The summed E-state index contributed by atoms with van der Waals surface area (Å²) in [6.07, 6.45) is 3.86. The summed E-state index contributed by atoms with van der Waals surface area (Å²) in [5, 5.41) is 4.39. The van der Waals surface area contributed by atoms with Crippen molar-refractivity contribution in [1.29, 1.82) is 0 Å². The lowest BCUT2D eigenvalue weighted by molar-refractivity contribution is 0.412. The molecule has 1 saturated heterocycles. The zero-order valence-electron chi connectivity index (χ0n) is 8.52. The summed E-state index contributed by atoms with van der Waals surface area (Å²) >= 11 is 6.04. The molecule has 0 unspecified atom stereocenters. The third-order valence-corrected chi connectivity index (χ3v) is 3.00. The average Bonchev–Trinajstić information content (AvgIpc) is 2.18. The minimum atomic E-state index is 0.515. The van der Waals surface area contributed by atoms with Gasteiger partial charge in [0.1, 0.15) is 0 Å². The molecule has 1 heterocycles. The lowest BCUT2D eigenvalue weighted by Crippen LogP contribution is -2.26. The molecule has 0 bridgehead atoms. The molecule has 0 aliphatic carbocycles. The Labute approximate surface area is 90.5 Å². The van der Waals surface area contributed by atoms with Gasteiger partial charge in [0.2, 0.25) is 0 Å². The van der Waals surface area contributed by atoms with Crippen molar-refractivity contribution in [3.8, 4) is 0 Å². The smallest absolute Gasteiger partial charge is 0.0411 e. The largest absolute Gasteiger partial charge is 0.310 e. The van der Waals surface area contributed by atoms with Gasteiger partial charge in [-0.2, -0.15) is 0 Å². The fraction of sp³-hybridized carbons (Fsp3) is 0.500. The number of nitrogens with one attached hydrogen (secondary N) is 1. The zero-order valence-corrected chi connectivity index (χ0v) is 9.27. The van der Waals surface area contributed by atoms with Gasteiger partial charge in [-0.1, -0.05) is 24.1 Å². The van der Waals surface area contributed by atoms with E-state index >= 15 is 0 Å². The minimum absolute atomic E-state index is 0.515. The second-order valence-electron chi connectivity index (χ2n) is 4.06. The van der Waals surface area contributed by atoms with E-state index in [-0.39, 0.29) is 0 Å². The van der Waals surface area contributed by atoms with Crippen LogP contribution in [0.3, 0.4) is 0 Å². The molecule has 1 aliphatic rings. The van der Waals surface area contributed by atoms with Gasteiger partial charge in [0.25, 0.3) is 0 Å². The molecular formula is C12H16ClN. The molecule has 1 aromatic rings. The maximum absolute atomic E-state index is 6.04. The van der Waals surface area contributed by atoms with Crippen LogP contribution in [0.1, 0.15) is 36.4 Å². The van der Waals surface area contributed by atoms with Crippen LogP contribution in [0.15, 0.2) is 18.2 Å². The number of benzene rings is 1. The molecular weight excluding hydrogens is 194 g/mol. The van der Waals surface area contributed by atoms with Gasteiger partial charge in [-0.05, 0) is 49.6 Å². The standard InChI is InChI=1S/C12H16ClN/c1-9-6-10(8-11(13)7-9)12-4-2-3-5-14-12/h6-8,12,14H,2-5H2,1H3/t12-/m1/s1. The van der Waals surface area contributed by atoms with Crippen molar-refractivity contribution in [3.63, 3.8) is 0 Å². The molecule has 1 nitrogen and oxygen atoms in total. The molecule has 14 heavy (non-hydrogen) atoms. The molecule has 1 aliphatic heterocycles. The molecule has 0 radical (unpaired) electrons. The second-order valence-corrected chi connectivity index (χ2v) is 4.50. The Balaban J connectivity index is 2.21. The topological polar surface area (TPSA) is 12.0 Å². The van der Waals surface area contributed by atoms with Gasteiger partial charge < -0.3 is 5.32 Å². The third-order valence-electron chi connectivity index (χ3n) is 2.78. The molecule has 1 atom stereocenters. The molecule has 1 aromatic carbocycles. The van der Waals surface area contributed by atoms with Crippen molar-refractivity contribution >= 4 is 11.6 Å². The maximum Gasteiger partial charge on any atom is 0.0411 e. The molecule has 0 amide bonds. The lowest BCUT2D eigenvalue weighted by atomic mass is 9.96. The number of aryl methyl sites for hydroxylation is 1. The SMILES string of the molecule is Cc1cc(Cl)cc([C@H]2CCCCN2)c1. The van der Waals surface area contributed by atoms with Gasteiger partial charge in [0.05, 0.1) is 0 Å². The summed E-state index contributed by atoms with van der Waals surface area (Å²) in [6.45, 7) is 3.23. The van der Waals surface area contributed by atoms with E-state index in [0.29, 0.717) is 6.04 Å². The quantitative estimate of drug-likeness (QED) is 0.747. The fourth-order valence-electron chi connectivity index (χ4n) is 2.10. The Kier molecular flexibility index (Phi) is 3.09. The van der Waals surface area contributed by atoms with E-state index in [1.54, 1.807) is 0 Å². The van der Waals surface area contributed by atoms with E-state index in [2.05, 4.69) is 24.4 Å². The van der Waals surface area contributed by atoms with Crippen LogP contribution < -0.4 is 5.32 Å². The van der Waals surface area contributed by atoms with Crippen molar-refractivity contribution < 1.29 is 0 Å². The molecule has 0 aromatic heterocycles. The first-order valence-electron chi connectivity index (χ1n) is 5.26. The maximum atomic E-state index is 6.04. The number of piperidine rings is 1. The normalized spacial score (nSPS) is 22.3. The highest BCUT2D eigenvalue weighted by atomic mass is 35.5. The van der Waals surface area contributed by atoms with Crippen LogP contribution >= 0.6 is 11.6 Å². The first-order chi connectivity index (χ1) is 6.75. The summed E-state index contributed by atoms with van der Waals surface area (Å²) < 4.78 is 0. The van der Waals surface area contributed by atoms with Gasteiger partial charge in [0, 0.05) is 11.1 Å². The van der Waals surface area contributed by atoms with Gasteiger partial charge in [-0.15, -0.1) is 0 Å². The Hall–Kier alpha value is -0.530. The van der Waals surface area contributed by atoms with Crippen molar-refractivity contribution in [1.82, 2.24) is 5.32 Å². The minimum Gasteiger partial charge on any atom is -0.310 e. The zero-order chi connectivity index (χ0) is 9.97. The first kappa shape index (κ1) is 10.0. The van der Waals surface area contributed by atoms with Crippen molar-refractivity contribution in [2.75, 3.05) is 6.54 Å². The highest BCUT2D eigenvalue weighted by Crippen LogP contribution is 2.26. The highest BCUT2D eigenvalue weighted by molar-refractivity contribution is 6.30. The van der Waals surface area contributed by atoms with Crippen LogP contribution in [0.5, 0.6) is 0 Å². The van der Waals surface area contributed by atoms with E-state index in [4.69, 9.17) is 11.6 Å². The summed E-state index contributed by atoms with van der Waals surface area (Å²) in [7, 11) is 0. The molecule has 2 heteroatoms. The monoisotopic (exact) mass is 209 g/mol. The summed E-state index contributed by atoms with van der Waals surface area (Å²) in [5.41, 5.74) is 2.59. The summed E-state index contributed by atoms with van der Waals surface area (Å²) in [4.78, 5) is 0. The molecule has 1 N–H and O–H groups in total. The molecule has 2 rings (SSSR count). The Morgan fingerprint density at radius 1 is 1.29 bits per heavy atom. The van der Waals surface area contributed by atoms with Crippen LogP contribution in [-0.4, -0.2) is 6.54 Å². The van der Waals surface area contributed by atoms with E-state index in [0.717, 1.165) is 11.6 Å². The number of hydrogen-bond donors (Lipinski definition) is 1.